The van der Waals surface area contributed by atoms with E-state index in [2.05, 4.69) is 17.2 Å². The van der Waals surface area contributed by atoms with E-state index in [1.54, 1.807) is 32.2 Å². The highest BCUT2D eigenvalue weighted by molar-refractivity contribution is 7.99. The molecule has 13 nitrogen and oxygen atoms in total. The predicted molar refractivity (Wildman–Crippen MR) is 195 cm³/mol. The number of alkyl carbamates (subject to hydrolysis) is 1. The maximum Gasteiger partial charge on any atom is 0.408 e. The van der Waals surface area contributed by atoms with E-state index in [0.717, 1.165) is 18.6 Å². The van der Waals surface area contributed by atoms with E-state index in [1.807, 2.05) is 13.8 Å². The van der Waals surface area contributed by atoms with Crippen LogP contribution in [-0.4, -0.2) is 101 Å². The Morgan fingerprint density at radius 2 is 1.87 bits per heavy atom. The second-order valence-electron chi connectivity index (χ2n) is 14.2. The Labute approximate surface area is 312 Å². The van der Waals surface area contributed by atoms with Gasteiger partial charge in [0.15, 0.2) is 0 Å². The molecule has 2 aromatic rings. The van der Waals surface area contributed by atoms with E-state index < -0.39 is 47.6 Å². The van der Waals surface area contributed by atoms with Crippen LogP contribution in [0, 0.1) is 17.8 Å². The summed E-state index contributed by atoms with van der Waals surface area (Å²) in [5, 5.41) is 17.1. The summed E-state index contributed by atoms with van der Waals surface area (Å²) >= 11 is 8.29. The first-order valence-electron chi connectivity index (χ1n) is 17.9. The number of ether oxygens (including phenoxy) is 4. The van der Waals surface area contributed by atoms with Gasteiger partial charge in [0.1, 0.15) is 58.0 Å². The van der Waals surface area contributed by atoms with Crippen LogP contribution in [0.15, 0.2) is 35.4 Å². The quantitative estimate of drug-likeness (QED) is 0.117. The van der Waals surface area contributed by atoms with Crippen LogP contribution in [0.1, 0.15) is 59.3 Å². The lowest BCUT2D eigenvalue weighted by atomic mass is 10.1. The molecule has 8 atom stereocenters. The van der Waals surface area contributed by atoms with Crippen molar-refractivity contribution < 1.29 is 43.2 Å². The maximum atomic E-state index is 14.3. The second kappa shape index (κ2) is 15.7. The minimum Gasteiger partial charge on any atom is -0.490 e. The highest BCUT2D eigenvalue weighted by Crippen LogP contribution is 2.52. The SMILES string of the molecule is C=C(C)[C@H](NC(=O)OC1C[C@@H]2C[C@@H]2C1)C(=O)N1C[C@H](Oc2cc(SCC)nc3c(Cl)c(OCCOC)ccc23)C[C@H]1C(=O)N[C@]1(C(=O)O)C[C@H]1CC. The van der Waals surface area contributed by atoms with E-state index in [0.29, 0.717) is 75.9 Å². The third-order valence-corrected chi connectivity index (χ3v) is 11.8. The summed E-state index contributed by atoms with van der Waals surface area (Å²) < 4.78 is 23.2. The van der Waals surface area contributed by atoms with Gasteiger partial charge in [0, 0.05) is 25.0 Å². The summed E-state index contributed by atoms with van der Waals surface area (Å²) in [5.41, 5.74) is -0.572. The lowest BCUT2D eigenvalue weighted by molar-refractivity contribution is -0.145. The van der Waals surface area contributed by atoms with E-state index in [-0.39, 0.29) is 25.0 Å². The number of aliphatic carboxylic acids is 1. The number of nitrogens with one attached hydrogen (secondary N) is 2. The molecule has 1 saturated heterocycles. The molecule has 52 heavy (non-hydrogen) atoms. The van der Waals surface area contributed by atoms with Crippen molar-refractivity contribution in [1.82, 2.24) is 20.5 Å². The van der Waals surface area contributed by atoms with Gasteiger partial charge in [-0.3, -0.25) is 9.59 Å². The Morgan fingerprint density at radius 1 is 1.12 bits per heavy atom. The molecule has 3 aliphatic carbocycles. The van der Waals surface area contributed by atoms with Gasteiger partial charge in [-0.25, -0.2) is 14.6 Å². The molecule has 1 aromatic carbocycles. The summed E-state index contributed by atoms with van der Waals surface area (Å²) in [6.45, 7) is 10.1. The zero-order valence-corrected chi connectivity index (χ0v) is 31.5. The number of nitrogens with zero attached hydrogens (tertiary/aromatic N) is 2. The number of pyridine rings is 1. The zero-order valence-electron chi connectivity index (χ0n) is 29.9. The Bertz CT molecular complexity index is 1730. The largest absolute Gasteiger partial charge is 0.490 e. The van der Waals surface area contributed by atoms with Crippen molar-refractivity contribution in [3.63, 3.8) is 0 Å². The van der Waals surface area contributed by atoms with Gasteiger partial charge >= 0.3 is 12.1 Å². The van der Waals surface area contributed by atoms with Crippen molar-refractivity contribution in [3.8, 4) is 11.5 Å². The van der Waals surface area contributed by atoms with Gasteiger partial charge in [-0.2, -0.15) is 0 Å². The van der Waals surface area contributed by atoms with Crippen LogP contribution in [0.25, 0.3) is 10.9 Å². The van der Waals surface area contributed by atoms with Gasteiger partial charge in [0.2, 0.25) is 11.8 Å². The lowest BCUT2D eigenvalue weighted by Crippen LogP contribution is -2.56. The first-order valence-corrected chi connectivity index (χ1v) is 19.3. The number of thioether (sulfide) groups is 1. The number of benzene rings is 1. The smallest absolute Gasteiger partial charge is 0.408 e. The minimum absolute atomic E-state index is 0.0211. The van der Waals surface area contributed by atoms with Crippen LogP contribution in [0.2, 0.25) is 5.02 Å². The number of hydrogen-bond donors (Lipinski definition) is 3. The average molecular weight is 759 g/mol. The molecule has 1 unspecified atom stereocenters. The summed E-state index contributed by atoms with van der Waals surface area (Å²) in [6, 6.07) is 3.05. The maximum absolute atomic E-state index is 14.3. The first kappa shape index (κ1) is 38.0. The van der Waals surface area contributed by atoms with Crippen molar-refractivity contribution in [2.45, 2.75) is 94.2 Å². The number of carbonyl (C=O) groups is 4. The van der Waals surface area contributed by atoms with Gasteiger partial charge in [-0.1, -0.05) is 38.4 Å². The number of methoxy groups -OCH3 is 1. The Balaban J connectivity index is 1.26. The molecule has 1 aromatic heterocycles. The standard InChI is InChI=1S/C37H47ClN4O9S/c1-6-22-17-37(22,35(45)46)41-33(43)26-15-24(18-42(26)34(44)31(19(3)4)40-36(47)51-23-13-20-12-21(20)14-23)50-28-16-29(52-7-2)39-32-25(28)8-9-27(30(32)38)49-11-10-48-5/h8-9,16,20-24,26,31H,3,6-7,10-15,17-18H2,1-2,4-5H3,(H,40,47)(H,41,43)(H,45,46)/t20-,21+,22-,23?,24-,26+,31+,37-/m1/s1. The van der Waals surface area contributed by atoms with Crippen LogP contribution in [0.5, 0.6) is 11.5 Å². The van der Waals surface area contributed by atoms with E-state index in [1.165, 1.54) is 23.1 Å². The molecule has 15 heteroatoms. The van der Waals surface area contributed by atoms with E-state index >= 15 is 0 Å². The molecule has 3 saturated carbocycles. The van der Waals surface area contributed by atoms with Gasteiger partial charge in [0.05, 0.1) is 18.7 Å². The predicted octanol–water partition coefficient (Wildman–Crippen LogP) is 5.21. The number of carboxylic acids is 1. The Morgan fingerprint density at radius 3 is 2.50 bits per heavy atom. The fourth-order valence-electron chi connectivity index (χ4n) is 7.62. The van der Waals surface area contributed by atoms with Crippen LogP contribution < -0.4 is 20.1 Å². The average Bonchev–Trinajstić information content (AvgIpc) is 3.92. The number of aromatic nitrogens is 1. The molecule has 4 aliphatic rings. The number of likely N-dealkylation sites (tertiary alicyclic amines) is 1. The van der Waals surface area contributed by atoms with Gasteiger partial charge < -0.3 is 39.6 Å². The number of amides is 3. The van der Waals surface area contributed by atoms with Crippen molar-refractivity contribution in [3.05, 3.63) is 35.4 Å². The molecule has 0 spiro atoms. The highest BCUT2D eigenvalue weighted by atomic mass is 35.5. The highest BCUT2D eigenvalue weighted by Gasteiger charge is 2.61. The molecule has 0 bridgehead atoms. The molecule has 4 fully saturated rings. The first-order chi connectivity index (χ1) is 24.9. The van der Waals surface area contributed by atoms with Crippen molar-refractivity contribution in [1.29, 1.82) is 0 Å². The normalized spacial score (nSPS) is 27.8. The number of fused-ring (bicyclic) bond motifs is 2. The molecule has 0 radical (unpaired) electrons. The number of rotatable bonds is 16. The number of carboxylic acid groups (broad SMARTS) is 1. The minimum atomic E-state index is -1.40. The number of carbonyl (C=O) groups excluding carboxylic acids is 3. The summed E-state index contributed by atoms with van der Waals surface area (Å²) in [6.07, 6.45) is 2.14. The zero-order chi connectivity index (χ0) is 37.3. The third-order valence-electron chi connectivity index (χ3n) is 10.6. The Hall–Kier alpha value is -3.75. The lowest BCUT2D eigenvalue weighted by Gasteiger charge is -2.29. The number of halogens is 1. The third kappa shape index (κ3) is 7.93. The second-order valence-corrected chi connectivity index (χ2v) is 15.9. The molecule has 282 valence electrons. The van der Waals surface area contributed by atoms with Crippen molar-refractivity contribution >= 4 is 58.1 Å². The molecular weight excluding hydrogens is 712 g/mol. The van der Waals surface area contributed by atoms with Crippen LogP contribution >= 0.6 is 23.4 Å². The fourth-order valence-corrected chi connectivity index (χ4v) is 8.52. The monoisotopic (exact) mass is 758 g/mol. The Kier molecular flexibility index (Phi) is 11.5. The van der Waals surface area contributed by atoms with Crippen LogP contribution in [0.4, 0.5) is 4.79 Å². The topological polar surface area (TPSA) is 166 Å². The molecule has 3 N–H and O–H groups in total. The molecule has 1 aliphatic heterocycles. The number of hydrogen-bond acceptors (Lipinski definition) is 10. The summed E-state index contributed by atoms with van der Waals surface area (Å²) in [5.74, 6) is 0.323. The fraction of sp³-hybridized carbons (Fsp3) is 0.595. The molecule has 2 heterocycles. The van der Waals surface area contributed by atoms with E-state index in [9.17, 15) is 24.3 Å². The van der Waals surface area contributed by atoms with E-state index in [4.69, 9.17) is 35.5 Å². The molecule has 3 amide bonds. The van der Waals surface area contributed by atoms with Crippen molar-refractivity contribution in [2.75, 3.05) is 32.6 Å². The van der Waals surface area contributed by atoms with Crippen LogP contribution in [-0.2, 0) is 23.9 Å². The van der Waals surface area contributed by atoms with Gasteiger partial charge in [-0.05, 0) is 73.8 Å². The van der Waals surface area contributed by atoms with Gasteiger partial charge in [0.25, 0.3) is 0 Å². The van der Waals surface area contributed by atoms with Gasteiger partial charge in [-0.15, -0.1) is 11.8 Å². The molecule has 6 rings (SSSR count). The summed E-state index contributed by atoms with van der Waals surface area (Å²) in [7, 11) is 1.58. The van der Waals surface area contributed by atoms with Crippen molar-refractivity contribution in [2.24, 2.45) is 17.8 Å². The molecular formula is C37H47ClN4O9S. The van der Waals surface area contributed by atoms with Crippen LogP contribution in [0.3, 0.4) is 0 Å². The summed E-state index contributed by atoms with van der Waals surface area (Å²) in [4.78, 5) is 59.7.